The number of benzene rings is 2. The van der Waals surface area contributed by atoms with Gasteiger partial charge in [0.25, 0.3) is 0 Å². The Kier molecular flexibility index (Phi) is 10.6. The van der Waals surface area contributed by atoms with Crippen molar-refractivity contribution in [1.29, 1.82) is 0 Å². The first-order chi connectivity index (χ1) is 18.1. The van der Waals surface area contributed by atoms with Crippen LogP contribution in [-0.4, -0.2) is 6.61 Å². The fraction of sp³-hybridized carbons (Fsp3) is 0.588. The van der Waals surface area contributed by atoms with E-state index in [0.717, 1.165) is 37.5 Å². The highest BCUT2D eigenvalue weighted by atomic mass is 19.2. The number of aryl methyl sites for hydroxylation is 1. The molecule has 0 amide bonds. The number of unbranched alkanes of at least 4 members (excludes halogenated alkanes) is 1. The second-order valence-corrected chi connectivity index (χ2v) is 11.6. The zero-order chi connectivity index (χ0) is 26.0. The molecule has 37 heavy (non-hydrogen) atoms. The summed E-state index contributed by atoms with van der Waals surface area (Å²) in [5.74, 6) is 1.32. The van der Waals surface area contributed by atoms with Crippen LogP contribution in [-0.2, 0) is 6.42 Å². The van der Waals surface area contributed by atoms with Gasteiger partial charge in [-0.2, -0.15) is 4.39 Å². The summed E-state index contributed by atoms with van der Waals surface area (Å²) in [5, 5.41) is 0. The van der Waals surface area contributed by atoms with Crippen LogP contribution < -0.4 is 4.74 Å². The van der Waals surface area contributed by atoms with Crippen molar-refractivity contribution in [2.45, 2.75) is 109 Å². The van der Waals surface area contributed by atoms with Gasteiger partial charge in [-0.25, -0.2) is 4.39 Å². The maximum absolute atomic E-state index is 14.6. The minimum absolute atomic E-state index is 0.0393. The van der Waals surface area contributed by atoms with Gasteiger partial charge in [-0.15, -0.1) is 6.58 Å². The van der Waals surface area contributed by atoms with Gasteiger partial charge in [-0.05, 0) is 130 Å². The van der Waals surface area contributed by atoms with Gasteiger partial charge >= 0.3 is 0 Å². The third kappa shape index (κ3) is 7.68. The van der Waals surface area contributed by atoms with Gasteiger partial charge in [-0.1, -0.05) is 49.8 Å². The molecule has 0 unspecified atom stereocenters. The van der Waals surface area contributed by atoms with Crippen molar-refractivity contribution in [1.82, 2.24) is 0 Å². The summed E-state index contributed by atoms with van der Waals surface area (Å²) in [7, 11) is 0. The molecule has 0 aliphatic heterocycles. The van der Waals surface area contributed by atoms with Gasteiger partial charge in [0.05, 0.1) is 6.61 Å². The molecule has 0 saturated heterocycles. The topological polar surface area (TPSA) is 9.23 Å². The van der Waals surface area contributed by atoms with Gasteiger partial charge in [-0.3, -0.25) is 0 Å². The molecule has 2 fully saturated rings. The van der Waals surface area contributed by atoms with Crippen molar-refractivity contribution >= 4 is 0 Å². The van der Waals surface area contributed by atoms with Crippen molar-refractivity contribution in [2.75, 3.05) is 6.61 Å². The van der Waals surface area contributed by atoms with Gasteiger partial charge in [0.15, 0.2) is 11.6 Å². The Morgan fingerprint density at radius 3 is 1.89 bits per heavy atom. The Balaban J connectivity index is 1.21. The van der Waals surface area contributed by atoms with Crippen LogP contribution in [0.2, 0.25) is 0 Å². The van der Waals surface area contributed by atoms with Crippen LogP contribution in [0.15, 0.2) is 49.1 Å². The average Bonchev–Trinajstić information content (AvgIpc) is 2.94. The molecule has 202 valence electrons. The molecule has 2 aromatic carbocycles. The van der Waals surface area contributed by atoms with Gasteiger partial charge in [0.2, 0.25) is 5.82 Å². The van der Waals surface area contributed by atoms with Gasteiger partial charge in [0, 0.05) is 0 Å². The second kappa shape index (κ2) is 14.1. The fourth-order valence-corrected chi connectivity index (χ4v) is 6.53. The maximum atomic E-state index is 14.6. The van der Waals surface area contributed by atoms with Crippen molar-refractivity contribution < 1.29 is 13.5 Å². The monoisotopic (exact) mass is 508 g/mol. The van der Waals surface area contributed by atoms with Crippen LogP contribution in [0.3, 0.4) is 0 Å². The Bertz CT molecular complexity index is 966. The third-order valence-corrected chi connectivity index (χ3v) is 9.06. The van der Waals surface area contributed by atoms with Crippen LogP contribution in [0.4, 0.5) is 8.78 Å². The molecule has 3 heteroatoms. The number of hydrogen-bond donors (Lipinski definition) is 0. The van der Waals surface area contributed by atoms with E-state index < -0.39 is 11.6 Å². The molecule has 0 radical (unpaired) electrons. The molecular weight excluding hydrogens is 462 g/mol. The molecule has 0 bridgehead atoms. The lowest BCUT2D eigenvalue weighted by Crippen LogP contribution is -2.15. The summed E-state index contributed by atoms with van der Waals surface area (Å²) in [6, 6.07) is 12.9. The first-order valence-electron chi connectivity index (χ1n) is 14.9. The zero-order valence-corrected chi connectivity index (χ0v) is 22.8. The first kappa shape index (κ1) is 27.9. The third-order valence-electron chi connectivity index (χ3n) is 9.06. The van der Waals surface area contributed by atoms with E-state index in [1.807, 2.05) is 6.92 Å². The van der Waals surface area contributed by atoms with Crippen LogP contribution in [0.1, 0.15) is 119 Å². The van der Waals surface area contributed by atoms with E-state index >= 15 is 0 Å². The smallest absolute Gasteiger partial charge is 0.200 e. The largest absolute Gasteiger partial charge is 0.490 e. The summed E-state index contributed by atoms with van der Waals surface area (Å²) in [6.07, 6.45) is 17.9. The highest BCUT2D eigenvalue weighted by Gasteiger charge is 2.25. The summed E-state index contributed by atoms with van der Waals surface area (Å²) in [6.45, 7) is 6.34. The quantitative estimate of drug-likeness (QED) is 0.205. The van der Waals surface area contributed by atoms with E-state index in [1.165, 1.54) is 68.9 Å². The molecule has 0 aromatic heterocycles. The van der Waals surface area contributed by atoms with Gasteiger partial charge < -0.3 is 4.74 Å². The molecule has 0 heterocycles. The molecule has 0 spiro atoms. The molecule has 2 aliphatic carbocycles. The lowest BCUT2D eigenvalue weighted by Gasteiger charge is -2.30. The van der Waals surface area contributed by atoms with E-state index in [2.05, 4.69) is 36.9 Å². The van der Waals surface area contributed by atoms with Crippen molar-refractivity contribution in [2.24, 2.45) is 11.8 Å². The van der Waals surface area contributed by atoms with E-state index in [-0.39, 0.29) is 5.75 Å². The van der Waals surface area contributed by atoms with Crippen LogP contribution in [0.5, 0.6) is 5.75 Å². The average molecular weight is 509 g/mol. The van der Waals surface area contributed by atoms with Crippen molar-refractivity contribution in [3.63, 3.8) is 0 Å². The molecular formula is C34H46F2O. The molecule has 4 rings (SSSR count). The Morgan fingerprint density at radius 1 is 0.784 bits per heavy atom. The number of allylic oxidation sites excluding steroid dienone is 1. The zero-order valence-electron chi connectivity index (χ0n) is 22.8. The molecule has 2 aliphatic rings. The molecule has 0 N–H and O–H groups in total. The molecule has 0 atom stereocenters. The molecule has 2 aromatic rings. The standard InChI is InChI=1S/C34H46F2O/c1-3-5-7-25-8-13-27(14-9-25)29-18-20-30(21-19-29)28-15-10-26(11-16-28)12-17-31-22-23-32(34(36)33(31)35)37-24-6-4-2/h3,18-23,25-28H,1,4-17,24H2,2H3. The lowest BCUT2D eigenvalue weighted by atomic mass is 9.75. The van der Waals surface area contributed by atoms with E-state index in [0.29, 0.717) is 30.4 Å². The first-order valence-corrected chi connectivity index (χ1v) is 14.9. The molecule has 2 saturated carbocycles. The van der Waals surface area contributed by atoms with Crippen LogP contribution in [0.25, 0.3) is 0 Å². The second-order valence-electron chi connectivity index (χ2n) is 11.6. The van der Waals surface area contributed by atoms with Crippen LogP contribution >= 0.6 is 0 Å². The Labute approximate surface area is 223 Å². The number of ether oxygens (including phenoxy) is 1. The predicted octanol–water partition coefficient (Wildman–Crippen LogP) is 10.3. The fourth-order valence-electron chi connectivity index (χ4n) is 6.53. The molecule has 1 nitrogen and oxygen atoms in total. The lowest BCUT2D eigenvalue weighted by molar-refractivity contribution is 0.287. The summed E-state index contributed by atoms with van der Waals surface area (Å²) in [5.41, 5.74) is 3.48. The normalized spacial score (nSPS) is 24.1. The van der Waals surface area contributed by atoms with E-state index in [1.54, 1.807) is 12.1 Å². The van der Waals surface area contributed by atoms with Gasteiger partial charge in [0.1, 0.15) is 0 Å². The minimum atomic E-state index is -0.832. The predicted molar refractivity (Wildman–Crippen MR) is 150 cm³/mol. The summed E-state index contributed by atoms with van der Waals surface area (Å²) >= 11 is 0. The van der Waals surface area contributed by atoms with Crippen LogP contribution in [0, 0.1) is 23.5 Å². The highest BCUT2D eigenvalue weighted by molar-refractivity contribution is 5.31. The number of hydrogen-bond acceptors (Lipinski definition) is 1. The van der Waals surface area contributed by atoms with Crippen molar-refractivity contribution in [3.05, 3.63) is 77.4 Å². The summed E-state index contributed by atoms with van der Waals surface area (Å²) in [4.78, 5) is 0. The minimum Gasteiger partial charge on any atom is -0.490 e. The number of rotatable bonds is 12. The SMILES string of the molecule is C=CCCC1CCC(c2ccc(C3CCC(CCc4ccc(OCCCC)c(F)c4F)CC3)cc2)CC1. The Morgan fingerprint density at radius 2 is 1.35 bits per heavy atom. The highest BCUT2D eigenvalue weighted by Crippen LogP contribution is 2.40. The van der Waals surface area contributed by atoms with E-state index in [4.69, 9.17) is 4.74 Å². The Hall–Kier alpha value is -2.16. The summed E-state index contributed by atoms with van der Waals surface area (Å²) < 4.78 is 34.4. The van der Waals surface area contributed by atoms with E-state index in [9.17, 15) is 8.78 Å². The van der Waals surface area contributed by atoms with Crippen molar-refractivity contribution in [3.8, 4) is 5.75 Å². The maximum Gasteiger partial charge on any atom is 0.200 e. The number of halogens is 2.